The Morgan fingerprint density at radius 2 is 2.00 bits per heavy atom. The molecule has 4 rings (SSSR count). The maximum absolute atomic E-state index is 6.23. The van der Waals surface area contributed by atoms with E-state index in [1.165, 1.54) is 0 Å². The highest BCUT2D eigenvalue weighted by atomic mass is 32.1. The van der Waals surface area contributed by atoms with Gasteiger partial charge in [0.1, 0.15) is 11.1 Å². The number of aryl methyl sites for hydroxylation is 2. The zero-order valence-corrected chi connectivity index (χ0v) is 14.1. The Kier molecular flexibility index (Phi) is 3.21. The van der Waals surface area contributed by atoms with Crippen LogP contribution in [0.3, 0.4) is 0 Å². The number of fused-ring (bicyclic) bond motifs is 3. The van der Waals surface area contributed by atoms with Crippen molar-refractivity contribution in [1.82, 2.24) is 9.97 Å². The van der Waals surface area contributed by atoms with Crippen LogP contribution in [-0.4, -0.2) is 9.97 Å². The van der Waals surface area contributed by atoms with E-state index in [9.17, 15) is 0 Å². The van der Waals surface area contributed by atoms with E-state index in [0.717, 1.165) is 48.6 Å². The van der Waals surface area contributed by atoms with Crippen molar-refractivity contribution in [3.63, 3.8) is 0 Å². The van der Waals surface area contributed by atoms with Crippen molar-refractivity contribution in [2.45, 2.75) is 26.8 Å². The maximum atomic E-state index is 6.23. The van der Waals surface area contributed by atoms with Gasteiger partial charge in [0.2, 0.25) is 0 Å². The van der Waals surface area contributed by atoms with E-state index in [0.29, 0.717) is 0 Å². The third-order valence-corrected chi connectivity index (χ3v) is 4.95. The van der Waals surface area contributed by atoms with Gasteiger partial charge < -0.3 is 10.2 Å². The second-order valence-electron chi connectivity index (χ2n) is 5.90. The highest BCUT2D eigenvalue weighted by Crippen LogP contribution is 2.38. The van der Waals surface area contributed by atoms with Crippen LogP contribution in [0.25, 0.3) is 32.5 Å². The Balaban J connectivity index is 2.11. The summed E-state index contributed by atoms with van der Waals surface area (Å²) < 4.78 is 6.23. The molecule has 0 aliphatic rings. The van der Waals surface area contributed by atoms with Crippen molar-refractivity contribution in [3.05, 3.63) is 46.7 Å². The standard InChI is InChI=1S/C18H17N3OS/c1-9-6-13(10(2)19)17-14(7-9)16-18(22-17)12(4-5-20-16)15-8-21-11(3)23-15/h4-8,10H,19H2,1-3H3/t10-/m1/s1. The Morgan fingerprint density at radius 3 is 2.70 bits per heavy atom. The molecule has 4 aromatic rings. The van der Waals surface area contributed by atoms with Gasteiger partial charge in [-0.25, -0.2) is 4.98 Å². The fourth-order valence-electron chi connectivity index (χ4n) is 2.95. The van der Waals surface area contributed by atoms with Crippen LogP contribution < -0.4 is 5.73 Å². The SMILES string of the molecule is Cc1cc([C@@H](C)N)c2oc3c(-c4cnc(C)s4)ccnc3c2c1. The average molecular weight is 323 g/mol. The van der Waals surface area contributed by atoms with E-state index in [2.05, 4.69) is 29.0 Å². The third-order valence-electron chi connectivity index (χ3n) is 4.00. The van der Waals surface area contributed by atoms with E-state index in [1.807, 2.05) is 32.3 Å². The fraction of sp³-hybridized carbons (Fsp3) is 0.222. The molecule has 0 bridgehead atoms. The van der Waals surface area contributed by atoms with Crippen LogP contribution in [0.5, 0.6) is 0 Å². The summed E-state index contributed by atoms with van der Waals surface area (Å²) in [6.07, 6.45) is 3.72. The van der Waals surface area contributed by atoms with Crippen molar-refractivity contribution >= 4 is 33.4 Å². The molecular formula is C18H17N3OS. The highest BCUT2D eigenvalue weighted by Gasteiger charge is 2.18. The van der Waals surface area contributed by atoms with Crippen LogP contribution in [0.1, 0.15) is 29.1 Å². The molecular weight excluding hydrogens is 306 g/mol. The highest BCUT2D eigenvalue weighted by molar-refractivity contribution is 7.15. The van der Waals surface area contributed by atoms with E-state index in [4.69, 9.17) is 10.2 Å². The second kappa shape index (κ2) is 5.15. The summed E-state index contributed by atoms with van der Waals surface area (Å²) in [5.74, 6) is 0. The number of furan rings is 1. The molecule has 0 spiro atoms. The van der Waals surface area contributed by atoms with Gasteiger partial charge in [-0.3, -0.25) is 4.98 Å². The molecule has 116 valence electrons. The van der Waals surface area contributed by atoms with E-state index in [-0.39, 0.29) is 6.04 Å². The van der Waals surface area contributed by atoms with Crippen molar-refractivity contribution in [2.24, 2.45) is 5.73 Å². The van der Waals surface area contributed by atoms with Crippen LogP contribution in [0, 0.1) is 13.8 Å². The zero-order chi connectivity index (χ0) is 16.1. The van der Waals surface area contributed by atoms with Crippen LogP contribution in [0.15, 0.2) is 35.0 Å². The molecule has 0 unspecified atom stereocenters. The van der Waals surface area contributed by atoms with Crippen LogP contribution in [0.4, 0.5) is 0 Å². The first kappa shape index (κ1) is 14.4. The number of nitrogens with zero attached hydrogens (tertiary/aromatic N) is 2. The molecule has 4 nitrogen and oxygen atoms in total. The molecule has 0 radical (unpaired) electrons. The fourth-order valence-corrected chi connectivity index (χ4v) is 3.75. The first-order chi connectivity index (χ1) is 11.0. The largest absolute Gasteiger partial charge is 0.453 e. The van der Waals surface area contributed by atoms with Crippen LogP contribution in [-0.2, 0) is 0 Å². The van der Waals surface area contributed by atoms with Gasteiger partial charge in [0.05, 0.1) is 9.88 Å². The number of thiazole rings is 1. The van der Waals surface area contributed by atoms with E-state index < -0.39 is 0 Å². The zero-order valence-electron chi connectivity index (χ0n) is 13.3. The lowest BCUT2D eigenvalue weighted by Crippen LogP contribution is -2.05. The Hall–Kier alpha value is -2.24. The lowest BCUT2D eigenvalue weighted by atomic mass is 10.0. The van der Waals surface area contributed by atoms with Crippen LogP contribution in [0.2, 0.25) is 0 Å². The second-order valence-corrected chi connectivity index (χ2v) is 7.14. The predicted octanol–water partition coefficient (Wildman–Crippen LogP) is 4.74. The smallest absolute Gasteiger partial charge is 0.162 e. The molecule has 23 heavy (non-hydrogen) atoms. The van der Waals surface area contributed by atoms with Gasteiger partial charge in [-0.05, 0) is 38.5 Å². The van der Waals surface area contributed by atoms with Gasteiger partial charge in [-0.15, -0.1) is 11.3 Å². The molecule has 1 atom stereocenters. The van der Waals surface area contributed by atoms with Crippen LogP contribution >= 0.6 is 11.3 Å². The van der Waals surface area contributed by atoms with Gasteiger partial charge >= 0.3 is 0 Å². The van der Waals surface area contributed by atoms with Crippen molar-refractivity contribution in [2.75, 3.05) is 0 Å². The number of nitrogens with two attached hydrogens (primary N) is 1. The minimum absolute atomic E-state index is 0.0907. The Labute approximate surface area is 138 Å². The van der Waals surface area contributed by atoms with Gasteiger partial charge in [0.15, 0.2) is 5.58 Å². The normalized spacial score (nSPS) is 13.0. The number of rotatable bonds is 2. The van der Waals surface area contributed by atoms with Crippen molar-refractivity contribution < 1.29 is 4.42 Å². The van der Waals surface area contributed by atoms with Gasteiger partial charge in [0.25, 0.3) is 0 Å². The molecule has 3 heterocycles. The number of pyridine rings is 1. The van der Waals surface area contributed by atoms with Crippen molar-refractivity contribution in [3.8, 4) is 10.4 Å². The Morgan fingerprint density at radius 1 is 1.17 bits per heavy atom. The van der Waals surface area contributed by atoms with E-state index in [1.54, 1.807) is 11.3 Å². The minimum Gasteiger partial charge on any atom is -0.453 e. The third kappa shape index (κ3) is 2.24. The quantitative estimate of drug-likeness (QED) is 0.578. The molecule has 5 heteroatoms. The summed E-state index contributed by atoms with van der Waals surface area (Å²) >= 11 is 1.66. The molecule has 0 amide bonds. The summed E-state index contributed by atoms with van der Waals surface area (Å²) in [4.78, 5) is 9.99. The van der Waals surface area contributed by atoms with Gasteiger partial charge in [-0.1, -0.05) is 6.07 Å². The summed E-state index contributed by atoms with van der Waals surface area (Å²) in [6.45, 7) is 6.05. The summed E-state index contributed by atoms with van der Waals surface area (Å²) in [7, 11) is 0. The maximum Gasteiger partial charge on any atom is 0.162 e. The molecule has 0 saturated carbocycles. The summed E-state index contributed by atoms with van der Waals surface area (Å²) in [5.41, 5.74) is 11.9. The number of benzene rings is 1. The summed E-state index contributed by atoms with van der Waals surface area (Å²) in [5, 5.41) is 2.06. The average Bonchev–Trinajstić information content (AvgIpc) is 3.10. The number of hydrogen-bond acceptors (Lipinski definition) is 5. The predicted molar refractivity (Wildman–Crippen MR) is 94.7 cm³/mol. The molecule has 0 saturated heterocycles. The summed E-state index contributed by atoms with van der Waals surface area (Å²) in [6, 6.07) is 6.09. The number of aromatic nitrogens is 2. The Bertz CT molecular complexity index is 1030. The molecule has 3 aromatic heterocycles. The molecule has 1 aromatic carbocycles. The first-order valence-corrected chi connectivity index (χ1v) is 8.36. The topological polar surface area (TPSA) is 64.9 Å². The number of hydrogen-bond donors (Lipinski definition) is 1. The lowest BCUT2D eigenvalue weighted by Gasteiger charge is -2.07. The molecule has 0 fully saturated rings. The van der Waals surface area contributed by atoms with Crippen molar-refractivity contribution in [1.29, 1.82) is 0 Å². The minimum atomic E-state index is -0.0907. The monoisotopic (exact) mass is 323 g/mol. The lowest BCUT2D eigenvalue weighted by molar-refractivity contribution is 0.654. The van der Waals surface area contributed by atoms with Gasteiger partial charge in [-0.2, -0.15) is 0 Å². The first-order valence-electron chi connectivity index (χ1n) is 7.54. The molecule has 0 aliphatic heterocycles. The van der Waals surface area contributed by atoms with Gasteiger partial charge in [0, 0.05) is 34.9 Å². The molecule has 2 N–H and O–H groups in total. The van der Waals surface area contributed by atoms with E-state index >= 15 is 0 Å². The molecule has 0 aliphatic carbocycles.